The summed E-state index contributed by atoms with van der Waals surface area (Å²) in [5, 5.41) is 22.1. The number of nitrogens with zero attached hydrogens (tertiary/aromatic N) is 2. The van der Waals surface area contributed by atoms with Crippen molar-refractivity contribution in [1.29, 1.82) is 0 Å². The van der Waals surface area contributed by atoms with E-state index < -0.39 is 5.97 Å². The van der Waals surface area contributed by atoms with Gasteiger partial charge in [-0.1, -0.05) is 6.58 Å². The highest BCUT2D eigenvalue weighted by Gasteiger charge is 2.31. The molecule has 0 unspecified atom stereocenters. The molecular weight excluding hydrogens is 376 g/mol. The largest absolute Gasteiger partial charge is 0.505 e. The number of carbonyl (C=O) groups is 1. The second-order valence-electron chi connectivity index (χ2n) is 6.85. The van der Waals surface area contributed by atoms with Gasteiger partial charge in [-0.25, -0.2) is 4.79 Å². The average Bonchev–Trinajstić information content (AvgIpc) is 3.62. The fraction of sp³-hybridized carbons (Fsp3) is 0.286. The first-order chi connectivity index (χ1) is 14.0. The minimum absolute atomic E-state index is 0.0217. The van der Waals surface area contributed by atoms with Gasteiger partial charge in [-0.15, -0.1) is 0 Å². The number of aromatic hydroxyl groups is 2. The normalized spacial score (nSPS) is 15.3. The molecule has 0 spiro atoms. The van der Waals surface area contributed by atoms with Gasteiger partial charge in [0.15, 0.2) is 5.75 Å². The van der Waals surface area contributed by atoms with Crippen molar-refractivity contribution >= 4 is 30.2 Å². The zero-order chi connectivity index (χ0) is 20.7. The summed E-state index contributed by atoms with van der Waals surface area (Å²) in [7, 11) is 2.96. The highest BCUT2D eigenvalue weighted by molar-refractivity contribution is 5.94. The molecule has 0 saturated carbocycles. The minimum atomic E-state index is -0.660. The number of ether oxygens (including phenoxy) is 3. The Morgan fingerprint density at radius 2 is 1.69 bits per heavy atom. The first kappa shape index (κ1) is 18.8. The predicted octanol–water partition coefficient (Wildman–Crippen LogP) is 0.760. The molecule has 0 aliphatic carbocycles. The fourth-order valence-electron chi connectivity index (χ4n) is 3.23. The van der Waals surface area contributed by atoms with E-state index in [-0.39, 0.29) is 22.3 Å². The van der Waals surface area contributed by atoms with Crippen molar-refractivity contribution in [2.45, 2.75) is 0 Å². The second-order valence-corrected chi connectivity index (χ2v) is 6.85. The Morgan fingerprint density at radius 1 is 1.03 bits per heavy atom. The van der Waals surface area contributed by atoms with Crippen LogP contribution >= 0.6 is 0 Å². The van der Waals surface area contributed by atoms with E-state index in [0.717, 1.165) is 26.2 Å². The number of esters is 1. The monoisotopic (exact) mass is 398 g/mol. The lowest BCUT2D eigenvalue weighted by atomic mass is 10.1. The van der Waals surface area contributed by atoms with Gasteiger partial charge in [0.25, 0.3) is 0 Å². The molecule has 0 bridgehead atoms. The number of anilines is 2. The van der Waals surface area contributed by atoms with Gasteiger partial charge in [0.2, 0.25) is 0 Å². The second kappa shape index (κ2) is 7.12. The molecule has 4 rings (SSSR count). The van der Waals surface area contributed by atoms with Crippen molar-refractivity contribution in [2.24, 2.45) is 0 Å². The molecule has 2 aliphatic heterocycles. The van der Waals surface area contributed by atoms with E-state index in [1.165, 1.54) is 26.5 Å². The number of hydrogen-bond acceptors (Lipinski definition) is 8. The van der Waals surface area contributed by atoms with Crippen LogP contribution in [0.2, 0.25) is 0 Å². The van der Waals surface area contributed by atoms with Crippen LogP contribution in [0.1, 0.15) is 10.4 Å². The van der Waals surface area contributed by atoms with Gasteiger partial charge in [-0.2, -0.15) is 0 Å². The Bertz CT molecular complexity index is 1090. The van der Waals surface area contributed by atoms with Crippen molar-refractivity contribution in [3.8, 4) is 23.0 Å². The number of carbonyl (C=O) groups excluding carboxylic acids is 1. The van der Waals surface area contributed by atoms with Crippen LogP contribution in [0.4, 0.5) is 11.4 Å². The van der Waals surface area contributed by atoms with Crippen molar-refractivity contribution in [1.82, 2.24) is 0 Å². The maximum Gasteiger partial charge on any atom is 0.346 e. The van der Waals surface area contributed by atoms with Crippen LogP contribution in [0.25, 0.3) is 12.8 Å². The Balaban J connectivity index is 1.75. The van der Waals surface area contributed by atoms with Gasteiger partial charge in [0.1, 0.15) is 29.1 Å². The van der Waals surface area contributed by atoms with Gasteiger partial charge in [0.05, 0.1) is 30.8 Å². The summed E-state index contributed by atoms with van der Waals surface area (Å²) in [6.45, 7) is 6.90. The first-order valence-corrected chi connectivity index (χ1v) is 9.16. The Kier molecular flexibility index (Phi) is 4.62. The van der Waals surface area contributed by atoms with Gasteiger partial charge in [-0.3, -0.25) is 0 Å². The molecule has 0 amide bonds. The standard InChI is InChI=1S/C21H22N2O6/c1-12-17(22-6-7-22)20(25)15(18(19(12)24)23-8-9-23)11-29-21(26)14-5-4-13(27-2)10-16(14)28-3/h4-5,10-11,24-25H,1,6-9H2,2-3H3/b15-11+. The molecule has 0 aromatic heterocycles. The predicted molar refractivity (Wildman–Crippen MR) is 108 cm³/mol. The third-order valence-electron chi connectivity index (χ3n) is 4.97. The average molecular weight is 398 g/mol. The maximum atomic E-state index is 12.6. The van der Waals surface area contributed by atoms with Crippen LogP contribution in [0.15, 0.2) is 18.2 Å². The topological polar surface area (TPSA) is 91.2 Å². The molecule has 8 nitrogen and oxygen atoms in total. The van der Waals surface area contributed by atoms with Gasteiger partial charge >= 0.3 is 5.97 Å². The number of benzene rings is 2. The highest BCUT2D eigenvalue weighted by atomic mass is 16.5. The molecular formula is C21H22N2O6. The van der Waals surface area contributed by atoms with Crippen LogP contribution in [0.5, 0.6) is 23.0 Å². The smallest absolute Gasteiger partial charge is 0.346 e. The molecule has 29 heavy (non-hydrogen) atoms. The van der Waals surface area contributed by atoms with Crippen LogP contribution in [0, 0.1) is 0 Å². The van der Waals surface area contributed by atoms with Crippen molar-refractivity contribution < 1.29 is 29.2 Å². The minimum Gasteiger partial charge on any atom is -0.505 e. The Hall–Kier alpha value is -3.55. The third kappa shape index (κ3) is 3.37. The summed E-state index contributed by atoms with van der Waals surface area (Å²) in [5.41, 5.74) is 1.08. The van der Waals surface area contributed by atoms with Gasteiger partial charge < -0.3 is 34.2 Å². The van der Waals surface area contributed by atoms with Crippen LogP contribution in [0.3, 0.4) is 0 Å². The Labute approximate surface area is 167 Å². The molecule has 0 radical (unpaired) electrons. The zero-order valence-electron chi connectivity index (χ0n) is 16.3. The summed E-state index contributed by atoms with van der Waals surface area (Å²) in [5.74, 6) is 0.0992. The summed E-state index contributed by atoms with van der Waals surface area (Å²) in [6.07, 6.45) is 1.17. The van der Waals surface area contributed by atoms with E-state index in [2.05, 4.69) is 6.58 Å². The van der Waals surface area contributed by atoms with Gasteiger partial charge in [-0.05, 0) is 12.1 Å². The molecule has 2 N–H and O–H groups in total. The van der Waals surface area contributed by atoms with E-state index in [1.54, 1.807) is 12.1 Å². The van der Waals surface area contributed by atoms with E-state index in [4.69, 9.17) is 14.2 Å². The van der Waals surface area contributed by atoms with Crippen LogP contribution in [-0.2, 0) is 4.74 Å². The molecule has 2 aliphatic rings. The molecule has 2 fully saturated rings. The van der Waals surface area contributed by atoms with E-state index in [9.17, 15) is 15.0 Å². The fourth-order valence-corrected chi connectivity index (χ4v) is 3.23. The SMILES string of the molecule is C=c1c(O)c(N2CC2)/c(=C\OC(=O)c2ccc(OC)cc2OC)c(O)c1N1CC1. The lowest BCUT2D eigenvalue weighted by Crippen LogP contribution is -2.21. The number of hydrogen-bond donors (Lipinski definition) is 2. The zero-order valence-corrected chi connectivity index (χ0v) is 16.3. The summed E-state index contributed by atoms with van der Waals surface area (Å²) >= 11 is 0. The quantitative estimate of drug-likeness (QED) is 0.419. The van der Waals surface area contributed by atoms with Crippen molar-refractivity contribution in [3.63, 3.8) is 0 Å². The third-order valence-corrected chi connectivity index (χ3v) is 4.97. The van der Waals surface area contributed by atoms with E-state index in [1.807, 2.05) is 9.80 Å². The number of rotatable bonds is 6. The number of phenols is 2. The number of phenolic OH excluding ortho intramolecular Hbond substituents is 2. The lowest BCUT2D eigenvalue weighted by Gasteiger charge is -2.15. The summed E-state index contributed by atoms with van der Waals surface area (Å²) in [4.78, 5) is 16.4. The molecule has 0 atom stereocenters. The maximum absolute atomic E-state index is 12.6. The van der Waals surface area contributed by atoms with Crippen LogP contribution < -0.4 is 29.7 Å². The molecule has 8 heteroatoms. The van der Waals surface area contributed by atoms with Crippen LogP contribution in [-0.4, -0.2) is 56.6 Å². The molecule has 2 aromatic rings. The van der Waals surface area contributed by atoms with Gasteiger partial charge in [0, 0.05) is 37.5 Å². The summed E-state index contributed by atoms with van der Waals surface area (Å²) < 4.78 is 15.7. The van der Waals surface area contributed by atoms with E-state index in [0.29, 0.717) is 28.1 Å². The van der Waals surface area contributed by atoms with Crippen molar-refractivity contribution in [2.75, 3.05) is 50.2 Å². The number of methoxy groups -OCH3 is 2. The molecule has 2 aromatic carbocycles. The van der Waals surface area contributed by atoms with E-state index >= 15 is 0 Å². The highest BCUT2D eigenvalue weighted by Crippen LogP contribution is 2.34. The summed E-state index contributed by atoms with van der Waals surface area (Å²) in [6, 6.07) is 4.74. The molecule has 2 saturated heterocycles. The van der Waals surface area contributed by atoms with Crippen molar-refractivity contribution in [3.05, 3.63) is 34.2 Å². The first-order valence-electron chi connectivity index (χ1n) is 9.16. The molecule has 152 valence electrons. The molecule has 2 heterocycles. The Morgan fingerprint density at radius 3 is 2.28 bits per heavy atom. The lowest BCUT2D eigenvalue weighted by molar-refractivity contribution is 0.0702.